The van der Waals surface area contributed by atoms with Gasteiger partial charge in [-0.25, -0.2) is 4.79 Å². The molecule has 0 fully saturated rings. The van der Waals surface area contributed by atoms with Crippen molar-refractivity contribution in [1.82, 2.24) is 10.2 Å². The van der Waals surface area contributed by atoms with Gasteiger partial charge in [-0.1, -0.05) is 12.1 Å². The molecule has 1 heterocycles. The molecule has 7 heteroatoms. The van der Waals surface area contributed by atoms with Crippen LogP contribution in [-0.4, -0.2) is 36.1 Å². The molecule has 122 valence electrons. The third kappa shape index (κ3) is 3.19. The van der Waals surface area contributed by atoms with Crippen molar-refractivity contribution in [2.75, 3.05) is 14.2 Å². The lowest BCUT2D eigenvalue weighted by molar-refractivity contribution is -0.137. The van der Waals surface area contributed by atoms with Gasteiger partial charge in [0.15, 0.2) is 5.11 Å². The van der Waals surface area contributed by atoms with E-state index in [-0.39, 0.29) is 11.0 Å². The number of nitrogens with zero attached hydrogens (tertiary/aromatic N) is 1. The van der Waals surface area contributed by atoms with Crippen LogP contribution in [0.5, 0.6) is 5.75 Å². The maximum Gasteiger partial charge on any atom is 0.337 e. The number of nitrogens with one attached hydrogen (secondary N) is 1. The molecule has 0 aliphatic carbocycles. The standard InChI is InChI=1S/C16H18N2O4S/c1-9-13(15(20)22-4)14(18(10(2)19)16(23)17-9)11-5-7-12(21-3)8-6-11/h5-8,14H,1-4H3,(H,17,23)/t14-/m0/s1. The van der Waals surface area contributed by atoms with Crippen molar-refractivity contribution in [3.8, 4) is 5.75 Å². The molecule has 0 aromatic heterocycles. The van der Waals surface area contributed by atoms with Crippen molar-refractivity contribution in [2.24, 2.45) is 0 Å². The molecule has 23 heavy (non-hydrogen) atoms. The Bertz CT molecular complexity index is 682. The van der Waals surface area contributed by atoms with E-state index in [1.807, 2.05) is 0 Å². The number of esters is 1. The Labute approximate surface area is 140 Å². The van der Waals surface area contributed by atoms with Crippen LogP contribution in [0.3, 0.4) is 0 Å². The fraction of sp³-hybridized carbons (Fsp3) is 0.312. The smallest absolute Gasteiger partial charge is 0.337 e. The van der Waals surface area contributed by atoms with E-state index in [1.54, 1.807) is 38.3 Å². The first kappa shape index (κ1) is 17.0. The summed E-state index contributed by atoms with van der Waals surface area (Å²) in [5, 5.41) is 3.14. The molecule has 1 aliphatic rings. The van der Waals surface area contributed by atoms with Gasteiger partial charge in [-0.3, -0.25) is 9.69 Å². The first-order chi connectivity index (χ1) is 10.9. The summed E-state index contributed by atoms with van der Waals surface area (Å²) in [5.74, 6) is -0.0956. The zero-order valence-electron chi connectivity index (χ0n) is 13.4. The van der Waals surface area contributed by atoms with E-state index >= 15 is 0 Å². The van der Waals surface area contributed by atoms with Crippen LogP contribution in [0.25, 0.3) is 0 Å². The fourth-order valence-electron chi connectivity index (χ4n) is 2.54. The zero-order chi connectivity index (χ0) is 17.1. The highest BCUT2D eigenvalue weighted by molar-refractivity contribution is 7.80. The van der Waals surface area contributed by atoms with Crippen LogP contribution in [0, 0.1) is 0 Å². The van der Waals surface area contributed by atoms with Gasteiger partial charge in [-0.05, 0) is 36.8 Å². The predicted molar refractivity (Wildman–Crippen MR) is 88.7 cm³/mol. The van der Waals surface area contributed by atoms with Gasteiger partial charge in [0.1, 0.15) is 5.75 Å². The monoisotopic (exact) mass is 334 g/mol. The molecule has 0 saturated heterocycles. The molecule has 1 aromatic rings. The van der Waals surface area contributed by atoms with Crippen LogP contribution in [0.15, 0.2) is 35.5 Å². The first-order valence-corrected chi connectivity index (χ1v) is 7.35. The highest BCUT2D eigenvalue weighted by Gasteiger charge is 2.38. The maximum absolute atomic E-state index is 12.2. The molecule has 2 rings (SSSR count). The molecule has 6 nitrogen and oxygen atoms in total. The van der Waals surface area contributed by atoms with E-state index in [2.05, 4.69) is 5.32 Å². The van der Waals surface area contributed by atoms with Gasteiger partial charge >= 0.3 is 5.97 Å². The average molecular weight is 334 g/mol. The quantitative estimate of drug-likeness (QED) is 0.673. The number of carbonyl (C=O) groups is 2. The molecule has 1 aromatic carbocycles. The number of thiocarbonyl (C=S) groups is 1. The summed E-state index contributed by atoms with van der Waals surface area (Å²) in [5.41, 5.74) is 1.66. The Morgan fingerprint density at radius 3 is 2.30 bits per heavy atom. The third-order valence-corrected chi connectivity index (χ3v) is 3.92. The van der Waals surface area contributed by atoms with Crippen molar-refractivity contribution in [3.05, 3.63) is 41.1 Å². The van der Waals surface area contributed by atoms with Gasteiger partial charge in [-0.15, -0.1) is 0 Å². The number of methoxy groups -OCH3 is 2. The number of benzene rings is 1. The molecular formula is C16H18N2O4S. The van der Waals surface area contributed by atoms with Gasteiger partial charge in [0.25, 0.3) is 0 Å². The third-order valence-electron chi connectivity index (χ3n) is 3.62. The van der Waals surface area contributed by atoms with E-state index in [0.29, 0.717) is 17.0 Å². The Kier molecular flexibility index (Phi) is 5.00. The predicted octanol–water partition coefficient (Wildman–Crippen LogP) is 1.92. The van der Waals surface area contributed by atoms with Crippen LogP contribution in [0.1, 0.15) is 25.5 Å². The Morgan fingerprint density at radius 2 is 1.83 bits per heavy atom. The Morgan fingerprint density at radius 1 is 1.22 bits per heavy atom. The topological polar surface area (TPSA) is 67.9 Å². The maximum atomic E-state index is 12.2. The minimum atomic E-state index is -0.639. The largest absolute Gasteiger partial charge is 0.497 e. The summed E-state index contributed by atoms with van der Waals surface area (Å²) < 4.78 is 10.0. The number of ether oxygens (including phenoxy) is 2. The minimum Gasteiger partial charge on any atom is -0.497 e. The molecule has 0 saturated carbocycles. The van der Waals surface area contributed by atoms with E-state index < -0.39 is 12.0 Å². The van der Waals surface area contributed by atoms with Crippen LogP contribution >= 0.6 is 12.2 Å². The fourth-order valence-corrected chi connectivity index (χ4v) is 2.93. The van der Waals surface area contributed by atoms with Crippen molar-refractivity contribution in [1.29, 1.82) is 0 Å². The average Bonchev–Trinajstić information content (AvgIpc) is 2.53. The summed E-state index contributed by atoms with van der Waals surface area (Å²) in [4.78, 5) is 25.7. The normalized spacial score (nSPS) is 17.7. The van der Waals surface area contributed by atoms with Crippen molar-refractivity contribution >= 4 is 29.2 Å². The van der Waals surface area contributed by atoms with Gasteiger partial charge in [0, 0.05) is 12.6 Å². The van der Waals surface area contributed by atoms with Crippen molar-refractivity contribution < 1.29 is 19.1 Å². The molecular weight excluding hydrogens is 316 g/mol. The highest BCUT2D eigenvalue weighted by atomic mass is 32.1. The Balaban J connectivity index is 2.61. The minimum absolute atomic E-state index is 0.253. The number of hydrogen-bond donors (Lipinski definition) is 1. The molecule has 1 N–H and O–H groups in total. The summed E-state index contributed by atoms with van der Waals surface area (Å²) in [6.45, 7) is 3.13. The molecule has 1 amide bonds. The van der Waals surface area contributed by atoms with Crippen molar-refractivity contribution in [2.45, 2.75) is 19.9 Å². The highest BCUT2D eigenvalue weighted by Crippen LogP contribution is 2.35. The molecule has 0 radical (unpaired) electrons. The summed E-state index contributed by atoms with van der Waals surface area (Å²) in [6, 6.07) is 6.48. The van der Waals surface area contributed by atoms with Gasteiger partial charge in [-0.2, -0.15) is 0 Å². The summed E-state index contributed by atoms with van der Waals surface area (Å²) in [7, 11) is 2.87. The molecule has 0 unspecified atom stereocenters. The van der Waals surface area contributed by atoms with Gasteiger partial charge in [0.05, 0.1) is 25.8 Å². The number of rotatable bonds is 3. The number of amides is 1. The number of hydrogen-bond acceptors (Lipinski definition) is 5. The summed E-state index contributed by atoms with van der Waals surface area (Å²) in [6.07, 6.45) is 0. The zero-order valence-corrected chi connectivity index (χ0v) is 14.2. The molecule has 0 spiro atoms. The second-order valence-electron chi connectivity index (χ2n) is 5.03. The second kappa shape index (κ2) is 6.78. The van der Waals surface area contributed by atoms with Crippen LogP contribution in [0.2, 0.25) is 0 Å². The van der Waals surface area contributed by atoms with E-state index in [0.717, 1.165) is 5.56 Å². The van der Waals surface area contributed by atoms with E-state index in [9.17, 15) is 9.59 Å². The van der Waals surface area contributed by atoms with E-state index in [1.165, 1.54) is 18.9 Å². The Hall–Kier alpha value is -2.41. The summed E-state index contributed by atoms with van der Waals surface area (Å²) >= 11 is 5.26. The first-order valence-electron chi connectivity index (χ1n) is 6.94. The molecule has 1 aliphatic heterocycles. The van der Waals surface area contributed by atoms with Gasteiger partial charge in [0.2, 0.25) is 5.91 Å². The second-order valence-corrected chi connectivity index (χ2v) is 5.41. The molecule has 1 atom stereocenters. The van der Waals surface area contributed by atoms with E-state index in [4.69, 9.17) is 21.7 Å². The van der Waals surface area contributed by atoms with Crippen LogP contribution in [-0.2, 0) is 14.3 Å². The number of allylic oxidation sites excluding steroid dienone is 1. The van der Waals surface area contributed by atoms with Crippen LogP contribution < -0.4 is 10.1 Å². The lowest BCUT2D eigenvalue weighted by atomic mass is 9.94. The lowest BCUT2D eigenvalue weighted by Gasteiger charge is -2.37. The SMILES string of the molecule is COC(=O)C1=C(C)NC(=S)N(C(C)=O)[C@H]1c1ccc(OC)cc1. The van der Waals surface area contributed by atoms with Crippen LogP contribution in [0.4, 0.5) is 0 Å². The molecule has 0 bridgehead atoms. The van der Waals surface area contributed by atoms with Gasteiger partial charge < -0.3 is 14.8 Å². The van der Waals surface area contributed by atoms with Crippen molar-refractivity contribution in [3.63, 3.8) is 0 Å². The number of carbonyl (C=O) groups excluding carboxylic acids is 2. The lowest BCUT2D eigenvalue weighted by Crippen LogP contribution is -2.50.